The summed E-state index contributed by atoms with van der Waals surface area (Å²) in [6.07, 6.45) is -1.70. The Morgan fingerprint density at radius 1 is 0.736 bits per heavy atom. The molecule has 9 nitrogen and oxygen atoms in total. The molecule has 1 aliphatic heterocycles. The standard InChI is InChI=1S/C41H43F3N4O5/c1-3-45-38(51)40(39(52)46-4-2,30-13-7-5-8-14-30)27-53-36(49)26-28-17-22-34(35(25-28)48-23-11-6-12-24-48)47-37(50)33-16-10-9-15-32(33)29-18-20-31(21-19-29)41(42,43)44/h5,7-10,13-22,25H,3-4,6,11-12,23-24,26-27H2,1-2H3,(H,45,51)(H,46,52)(H,47,50). The number of nitrogens with one attached hydrogen (secondary N) is 3. The van der Waals surface area contributed by atoms with Crippen LogP contribution in [0.3, 0.4) is 0 Å². The number of halogens is 3. The molecule has 0 radical (unpaired) electrons. The number of hydrogen-bond acceptors (Lipinski definition) is 6. The van der Waals surface area contributed by atoms with E-state index >= 15 is 0 Å². The van der Waals surface area contributed by atoms with Crippen LogP contribution in [0.4, 0.5) is 24.5 Å². The number of piperidine rings is 1. The number of carbonyl (C=O) groups is 4. The first-order chi connectivity index (χ1) is 25.5. The van der Waals surface area contributed by atoms with Gasteiger partial charge in [-0.1, -0.05) is 66.7 Å². The monoisotopic (exact) mass is 728 g/mol. The maximum absolute atomic E-state index is 13.8. The number of likely N-dealkylation sites (N-methyl/N-ethyl adjacent to an activating group) is 2. The molecule has 0 spiro atoms. The summed E-state index contributed by atoms with van der Waals surface area (Å²) >= 11 is 0. The first-order valence-corrected chi connectivity index (χ1v) is 17.7. The average molecular weight is 729 g/mol. The molecule has 0 bridgehead atoms. The normalized spacial score (nSPS) is 13.2. The van der Waals surface area contributed by atoms with Gasteiger partial charge in [-0.15, -0.1) is 0 Å². The van der Waals surface area contributed by atoms with E-state index in [2.05, 4.69) is 20.9 Å². The van der Waals surface area contributed by atoms with E-state index in [0.29, 0.717) is 33.6 Å². The van der Waals surface area contributed by atoms with Crippen molar-refractivity contribution in [1.29, 1.82) is 0 Å². The number of nitrogens with zero attached hydrogens (tertiary/aromatic N) is 1. The van der Waals surface area contributed by atoms with Crippen LogP contribution in [0.1, 0.15) is 60.2 Å². The van der Waals surface area contributed by atoms with Crippen molar-refractivity contribution in [3.05, 3.63) is 119 Å². The molecule has 3 N–H and O–H groups in total. The molecule has 4 aromatic rings. The second-order valence-electron chi connectivity index (χ2n) is 12.8. The van der Waals surface area contributed by atoms with Crippen LogP contribution in [0.2, 0.25) is 0 Å². The third-order valence-electron chi connectivity index (χ3n) is 9.22. The van der Waals surface area contributed by atoms with E-state index in [1.165, 1.54) is 12.1 Å². The smallest absolute Gasteiger partial charge is 0.416 e. The highest BCUT2D eigenvalue weighted by molar-refractivity contribution is 6.11. The highest BCUT2D eigenvalue weighted by Crippen LogP contribution is 2.34. The maximum Gasteiger partial charge on any atom is 0.416 e. The number of carbonyl (C=O) groups excluding carboxylic acids is 4. The van der Waals surface area contributed by atoms with Gasteiger partial charge in [-0.25, -0.2) is 0 Å². The molecule has 0 atom stereocenters. The minimum Gasteiger partial charge on any atom is -0.463 e. The lowest BCUT2D eigenvalue weighted by Crippen LogP contribution is -2.57. The largest absolute Gasteiger partial charge is 0.463 e. The molecule has 4 aromatic carbocycles. The van der Waals surface area contributed by atoms with E-state index in [1.807, 2.05) is 6.07 Å². The van der Waals surface area contributed by atoms with Crippen LogP contribution in [0, 0.1) is 0 Å². The van der Waals surface area contributed by atoms with E-state index in [4.69, 9.17) is 4.74 Å². The fourth-order valence-electron chi connectivity index (χ4n) is 6.48. The van der Waals surface area contributed by atoms with Crippen LogP contribution < -0.4 is 20.9 Å². The summed E-state index contributed by atoms with van der Waals surface area (Å²) in [5.41, 5.74) is 0.826. The van der Waals surface area contributed by atoms with Crippen molar-refractivity contribution >= 4 is 35.1 Å². The molecule has 12 heteroatoms. The van der Waals surface area contributed by atoms with Gasteiger partial charge in [0.1, 0.15) is 6.61 Å². The van der Waals surface area contributed by atoms with Crippen molar-refractivity contribution in [2.75, 3.05) is 43.0 Å². The van der Waals surface area contributed by atoms with Crippen molar-refractivity contribution in [2.24, 2.45) is 0 Å². The maximum atomic E-state index is 13.8. The Balaban J connectivity index is 1.39. The van der Waals surface area contributed by atoms with Crippen molar-refractivity contribution in [2.45, 2.75) is 51.1 Å². The average Bonchev–Trinajstić information content (AvgIpc) is 3.16. The number of alkyl halides is 3. The number of hydrogen-bond donors (Lipinski definition) is 3. The lowest BCUT2D eigenvalue weighted by Gasteiger charge is -2.31. The fourth-order valence-corrected chi connectivity index (χ4v) is 6.48. The van der Waals surface area contributed by atoms with Gasteiger partial charge in [-0.3, -0.25) is 19.2 Å². The molecule has 53 heavy (non-hydrogen) atoms. The van der Waals surface area contributed by atoms with Gasteiger partial charge < -0.3 is 25.6 Å². The van der Waals surface area contributed by atoms with Gasteiger partial charge in [-0.05, 0) is 85.7 Å². The molecule has 0 saturated carbocycles. The number of rotatable bonds is 13. The number of anilines is 2. The Kier molecular flexibility index (Phi) is 12.6. The second kappa shape index (κ2) is 17.2. The number of ether oxygens (including phenoxy) is 1. The SMILES string of the molecule is CCNC(=O)C(COC(=O)Cc1ccc(NC(=O)c2ccccc2-c2ccc(C(F)(F)F)cc2)c(N2CCCCC2)c1)(C(=O)NCC)c1ccccc1. The van der Waals surface area contributed by atoms with Crippen LogP contribution in [0.15, 0.2) is 97.1 Å². The summed E-state index contributed by atoms with van der Waals surface area (Å²) in [7, 11) is 0. The molecule has 1 aliphatic rings. The number of benzene rings is 4. The molecule has 1 heterocycles. The molecular formula is C41H43F3N4O5. The summed E-state index contributed by atoms with van der Waals surface area (Å²) in [6.45, 7) is 4.96. The number of esters is 1. The van der Waals surface area contributed by atoms with Gasteiger partial charge in [0.05, 0.1) is 23.4 Å². The zero-order chi connectivity index (χ0) is 38.0. The van der Waals surface area contributed by atoms with Crippen molar-refractivity contribution < 1.29 is 37.1 Å². The predicted octanol–water partition coefficient (Wildman–Crippen LogP) is 6.91. The van der Waals surface area contributed by atoms with Crippen LogP contribution in [-0.2, 0) is 37.1 Å². The van der Waals surface area contributed by atoms with E-state index in [1.54, 1.807) is 80.6 Å². The van der Waals surface area contributed by atoms with Crippen LogP contribution in [-0.4, -0.2) is 56.5 Å². The molecule has 0 aromatic heterocycles. The summed E-state index contributed by atoms with van der Waals surface area (Å²) in [5.74, 6) is -2.26. The minimum absolute atomic E-state index is 0.165. The summed E-state index contributed by atoms with van der Waals surface area (Å²) in [6, 6.07) is 25.1. The van der Waals surface area contributed by atoms with E-state index < -0.39 is 47.5 Å². The first-order valence-electron chi connectivity index (χ1n) is 17.7. The molecule has 278 valence electrons. The highest BCUT2D eigenvalue weighted by atomic mass is 19.4. The molecule has 0 aliphatic carbocycles. The molecule has 3 amide bonds. The second-order valence-corrected chi connectivity index (χ2v) is 12.8. The predicted molar refractivity (Wildman–Crippen MR) is 197 cm³/mol. The van der Waals surface area contributed by atoms with Gasteiger partial charge in [0, 0.05) is 31.7 Å². The van der Waals surface area contributed by atoms with E-state index in [9.17, 15) is 32.3 Å². The Bertz CT molecular complexity index is 1890. The quantitative estimate of drug-likeness (QED) is 0.102. The minimum atomic E-state index is -4.48. The van der Waals surface area contributed by atoms with Crippen molar-refractivity contribution in [3.63, 3.8) is 0 Å². The third kappa shape index (κ3) is 9.05. The molecular weight excluding hydrogens is 685 g/mol. The molecule has 1 saturated heterocycles. The van der Waals surface area contributed by atoms with E-state index in [0.717, 1.165) is 44.5 Å². The van der Waals surface area contributed by atoms with Gasteiger partial charge in [0.15, 0.2) is 5.41 Å². The molecule has 5 rings (SSSR count). The summed E-state index contributed by atoms with van der Waals surface area (Å²) in [5, 5.41) is 8.44. The Hall–Kier alpha value is -5.65. The Morgan fingerprint density at radius 2 is 1.36 bits per heavy atom. The zero-order valence-electron chi connectivity index (χ0n) is 29.7. The Labute approximate surface area is 306 Å². The number of amides is 3. The fraction of sp³-hybridized carbons (Fsp3) is 0.317. The van der Waals surface area contributed by atoms with Gasteiger partial charge >= 0.3 is 12.1 Å². The van der Waals surface area contributed by atoms with Gasteiger partial charge in [0.25, 0.3) is 5.91 Å². The van der Waals surface area contributed by atoms with Gasteiger partial charge in [-0.2, -0.15) is 13.2 Å². The van der Waals surface area contributed by atoms with Crippen molar-refractivity contribution in [1.82, 2.24) is 10.6 Å². The zero-order valence-corrected chi connectivity index (χ0v) is 29.7. The summed E-state index contributed by atoms with van der Waals surface area (Å²) in [4.78, 5) is 56.3. The third-order valence-corrected chi connectivity index (χ3v) is 9.22. The van der Waals surface area contributed by atoms with Crippen LogP contribution >= 0.6 is 0 Å². The van der Waals surface area contributed by atoms with Crippen molar-refractivity contribution in [3.8, 4) is 11.1 Å². The molecule has 0 unspecified atom stereocenters. The lowest BCUT2D eigenvalue weighted by molar-refractivity contribution is -0.150. The lowest BCUT2D eigenvalue weighted by atomic mass is 9.79. The topological polar surface area (TPSA) is 117 Å². The van der Waals surface area contributed by atoms with Crippen LogP contribution in [0.5, 0.6) is 0 Å². The van der Waals surface area contributed by atoms with E-state index in [-0.39, 0.29) is 25.1 Å². The first kappa shape index (κ1) is 38.6. The van der Waals surface area contributed by atoms with Crippen LogP contribution in [0.25, 0.3) is 11.1 Å². The molecule has 1 fully saturated rings. The Morgan fingerprint density at radius 3 is 1.98 bits per heavy atom. The summed E-state index contributed by atoms with van der Waals surface area (Å²) < 4.78 is 45.3. The highest BCUT2D eigenvalue weighted by Gasteiger charge is 2.48. The van der Waals surface area contributed by atoms with Gasteiger partial charge in [0.2, 0.25) is 11.8 Å².